The Morgan fingerprint density at radius 1 is 1.17 bits per heavy atom. The number of aromatic nitrogens is 2. The van der Waals surface area contributed by atoms with Crippen molar-refractivity contribution in [1.29, 1.82) is 0 Å². The smallest absolute Gasteiger partial charge is 0.255 e. The molecule has 1 atom stereocenters. The second kappa shape index (κ2) is 8.13. The van der Waals surface area contributed by atoms with Crippen molar-refractivity contribution in [1.82, 2.24) is 9.78 Å². The highest BCUT2D eigenvalue weighted by Crippen LogP contribution is 2.26. The number of carbonyl (C=O) groups excluding carboxylic acids is 1. The number of rotatable bonds is 5. The van der Waals surface area contributed by atoms with Gasteiger partial charge in [0.25, 0.3) is 5.91 Å². The highest BCUT2D eigenvalue weighted by molar-refractivity contribution is 6.06. The third-order valence-electron chi connectivity index (χ3n) is 5.44. The van der Waals surface area contributed by atoms with E-state index in [2.05, 4.69) is 15.3 Å². The molecule has 7 nitrogen and oxygen atoms in total. The van der Waals surface area contributed by atoms with Gasteiger partial charge in [0.1, 0.15) is 0 Å². The quantitative estimate of drug-likeness (QED) is 0.718. The minimum absolute atomic E-state index is 0.165. The summed E-state index contributed by atoms with van der Waals surface area (Å²) in [4.78, 5) is 15.0. The van der Waals surface area contributed by atoms with E-state index in [1.807, 2.05) is 37.4 Å². The maximum Gasteiger partial charge on any atom is 0.255 e. The molecule has 0 spiro atoms. The number of nitrogens with one attached hydrogen (secondary N) is 1. The zero-order valence-electron chi connectivity index (χ0n) is 17.0. The molecule has 1 N–H and O–H groups in total. The third kappa shape index (κ3) is 3.91. The predicted molar refractivity (Wildman–Crippen MR) is 114 cm³/mol. The van der Waals surface area contributed by atoms with Gasteiger partial charge in [-0.05, 0) is 55.3 Å². The maximum absolute atomic E-state index is 12.7. The van der Waals surface area contributed by atoms with Crippen LogP contribution in [0.3, 0.4) is 0 Å². The van der Waals surface area contributed by atoms with E-state index < -0.39 is 0 Å². The lowest BCUT2D eigenvalue weighted by Crippen LogP contribution is -2.39. The molecule has 1 aromatic heterocycles. The van der Waals surface area contributed by atoms with Gasteiger partial charge in [-0.1, -0.05) is 0 Å². The molecular formula is C22H26N4O3. The molecule has 152 valence electrons. The van der Waals surface area contributed by atoms with E-state index in [0.717, 1.165) is 48.2 Å². The van der Waals surface area contributed by atoms with Gasteiger partial charge in [-0.3, -0.25) is 4.79 Å². The zero-order valence-corrected chi connectivity index (χ0v) is 17.0. The van der Waals surface area contributed by atoms with E-state index in [9.17, 15) is 4.79 Å². The summed E-state index contributed by atoms with van der Waals surface area (Å²) in [6, 6.07) is 13.4. The van der Waals surface area contributed by atoms with Crippen molar-refractivity contribution in [2.45, 2.75) is 18.9 Å². The number of amides is 1. The molecule has 4 rings (SSSR count). The van der Waals surface area contributed by atoms with Crippen molar-refractivity contribution in [3.8, 4) is 5.88 Å². The topological polar surface area (TPSA) is 68.6 Å². The van der Waals surface area contributed by atoms with Gasteiger partial charge in [-0.15, -0.1) is 0 Å². The lowest BCUT2D eigenvalue weighted by atomic mass is 10.1. The van der Waals surface area contributed by atoms with Gasteiger partial charge in [0.15, 0.2) is 0 Å². The predicted octanol–water partition coefficient (Wildman–Crippen LogP) is 3.45. The van der Waals surface area contributed by atoms with Gasteiger partial charge in [0.05, 0.1) is 24.1 Å². The number of aryl methyl sites for hydroxylation is 1. The molecule has 1 saturated heterocycles. The van der Waals surface area contributed by atoms with Crippen LogP contribution in [0.1, 0.15) is 23.2 Å². The van der Waals surface area contributed by atoms with Crippen LogP contribution in [-0.4, -0.2) is 49.1 Å². The number of ether oxygens (including phenoxy) is 2. The second-order valence-electron chi connectivity index (χ2n) is 7.31. The Kier molecular flexibility index (Phi) is 5.40. The molecule has 0 bridgehead atoms. The first-order valence-corrected chi connectivity index (χ1v) is 9.79. The Labute approximate surface area is 170 Å². The number of nitrogens with zero attached hydrogens (tertiary/aromatic N) is 3. The van der Waals surface area contributed by atoms with E-state index in [-0.39, 0.29) is 12.0 Å². The Hall–Kier alpha value is -3.06. The van der Waals surface area contributed by atoms with E-state index in [0.29, 0.717) is 11.4 Å². The molecule has 2 aromatic carbocycles. The lowest BCUT2D eigenvalue weighted by molar-refractivity contribution is 0.0893. The van der Waals surface area contributed by atoms with Crippen LogP contribution < -0.4 is 15.0 Å². The summed E-state index contributed by atoms with van der Waals surface area (Å²) in [6.45, 7) is 1.93. The molecule has 7 heteroatoms. The van der Waals surface area contributed by atoms with Gasteiger partial charge in [0.2, 0.25) is 5.88 Å². The highest BCUT2D eigenvalue weighted by atomic mass is 16.5. The number of methoxy groups -OCH3 is 2. The molecular weight excluding hydrogens is 368 g/mol. The fourth-order valence-corrected chi connectivity index (χ4v) is 3.88. The van der Waals surface area contributed by atoms with E-state index in [1.165, 1.54) is 0 Å². The van der Waals surface area contributed by atoms with E-state index in [4.69, 9.17) is 9.47 Å². The molecule has 1 amide bonds. The minimum atomic E-state index is -0.165. The molecule has 1 fully saturated rings. The Balaban J connectivity index is 1.46. The van der Waals surface area contributed by atoms with Crippen LogP contribution in [0.4, 0.5) is 11.4 Å². The van der Waals surface area contributed by atoms with Crippen molar-refractivity contribution in [2.24, 2.45) is 7.05 Å². The number of hydrogen-bond donors (Lipinski definition) is 1. The van der Waals surface area contributed by atoms with Crippen molar-refractivity contribution in [3.63, 3.8) is 0 Å². The summed E-state index contributed by atoms with van der Waals surface area (Å²) in [5, 5.41) is 8.25. The number of carbonyl (C=O) groups is 1. The average molecular weight is 394 g/mol. The van der Waals surface area contributed by atoms with Crippen molar-refractivity contribution < 1.29 is 14.3 Å². The summed E-state index contributed by atoms with van der Waals surface area (Å²) in [7, 11) is 5.20. The summed E-state index contributed by atoms with van der Waals surface area (Å²) < 4.78 is 12.5. The fourth-order valence-electron chi connectivity index (χ4n) is 3.88. The first-order chi connectivity index (χ1) is 14.1. The molecule has 0 saturated carbocycles. The highest BCUT2D eigenvalue weighted by Gasteiger charge is 2.19. The molecule has 1 aliphatic rings. The first-order valence-electron chi connectivity index (χ1n) is 9.79. The molecule has 3 aromatic rings. The molecule has 0 unspecified atom stereocenters. The lowest BCUT2D eigenvalue weighted by Gasteiger charge is -2.33. The average Bonchev–Trinajstić information content (AvgIpc) is 3.08. The Morgan fingerprint density at radius 2 is 1.97 bits per heavy atom. The van der Waals surface area contributed by atoms with Crippen molar-refractivity contribution in [3.05, 3.63) is 48.0 Å². The van der Waals surface area contributed by atoms with Crippen LogP contribution in [0.25, 0.3) is 10.9 Å². The Bertz CT molecular complexity index is 1010. The van der Waals surface area contributed by atoms with Crippen LogP contribution in [0.5, 0.6) is 5.88 Å². The van der Waals surface area contributed by atoms with Crippen LogP contribution >= 0.6 is 0 Å². The minimum Gasteiger partial charge on any atom is -0.481 e. The standard InChI is InChI=1S/C22H26N4O3/c1-25-22(29-3)19-11-6-15(13-20(19)24-25)21(27)23-16-7-9-17(10-8-16)26-12-4-5-18(14-26)28-2/h6-11,13,18H,4-5,12,14H2,1-3H3,(H,23,27)/t18-/m0/s1. The first kappa shape index (κ1) is 19.3. The molecule has 0 radical (unpaired) electrons. The van der Waals surface area contributed by atoms with Gasteiger partial charge >= 0.3 is 0 Å². The van der Waals surface area contributed by atoms with Gasteiger partial charge in [-0.25, -0.2) is 4.68 Å². The SMILES string of the molecule is COc1c2ccc(C(=O)Nc3ccc(N4CCC[C@H](OC)C4)cc3)cc2nn1C. The van der Waals surface area contributed by atoms with Crippen molar-refractivity contribution in [2.75, 3.05) is 37.5 Å². The molecule has 1 aliphatic heterocycles. The molecule has 2 heterocycles. The number of anilines is 2. The van der Waals surface area contributed by atoms with Crippen LogP contribution in [-0.2, 0) is 11.8 Å². The maximum atomic E-state index is 12.7. The molecule has 0 aliphatic carbocycles. The summed E-state index contributed by atoms with van der Waals surface area (Å²) >= 11 is 0. The fraction of sp³-hybridized carbons (Fsp3) is 0.364. The largest absolute Gasteiger partial charge is 0.481 e. The number of fused-ring (bicyclic) bond motifs is 1. The van der Waals surface area contributed by atoms with Crippen molar-refractivity contribution >= 4 is 28.2 Å². The molecule has 29 heavy (non-hydrogen) atoms. The number of piperidine rings is 1. The van der Waals surface area contributed by atoms with Crippen LogP contribution in [0.15, 0.2) is 42.5 Å². The monoisotopic (exact) mass is 394 g/mol. The zero-order chi connectivity index (χ0) is 20.4. The third-order valence-corrected chi connectivity index (χ3v) is 5.44. The van der Waals surface area contributed by atoms with Crippen LogP contribution in [0, 0.1) is 0 Å². The van der Waals surface area contributed by atoms with E-state index in [1.54, 1.807) is 31.0 Å². The van der Waals surface area contributed by atoms with E-state index >= 15 is 0 Å². The van der Waals surface area contributed by atoms with Gasteiger partial charge in [0, 0.05) is 44.2 Å². The summed E-state index contributed by atoms with van der Waals surface area (Å²) in [5.74, 6) is 0.512. The van der Waals surface area contributed by atoms with Gasteiger partial charge in [-0.2, -0.15) is 5.10 Å². The normalized spacial score (nSPS) is 16.8. The number of benzene rings is 2. The second-order valence-corrected chi connectivity index (χ2v) is 7.31. The van der Waals surface area contributed by atoms with Gasteiger partial charge < -0.3 is 19.7 Å². The Morgan fingerprint density at radius 3 is 2.69 bits per heavy atom. The number of hydrogen-bond acceptors (Lipinski definition) is 5. The van der Waals surface area contributed by atoms with Crippen LogP contribution in [0.2, 0.25) is 0 Å². The summed E-state index contributed by atoms with van der Waals surface area (Å²) in [5.41, 5.74) is 3.19. The summed E-state index contributed by atoms with van der Waals surface area (Å²) in [6.07, 6.45) is 2.51.